The molecule has 34 heavy (non-hydrogen) atoms. The molecule has 3 aromatic rings. The van der Waals surface area contributed by atoms with Crippen molar-refractivity contribution in [2.75, 3.05) is 4.72 Å². The van der Waals surface area contributed by atoms with Gasteiger partial charge in [-0.15, -0.1) is 0 Å². The smallest absolute Gasteiger partial charge is 0.337 e. The number of benzene rings is 3. The largest absolute Gasteiger partial charge is 0.412 e. The molecule has 1 unspecified atom stereocenters. The van der Waals surface area contributed by atoms with E-state index in [1.54, 1.807) is 6.07 Å². The van der Waals surface area contributed by atoms with Crippen molar-refractivity contribution in [1.82, 2.24) is 5.32 Å². The van der Waals surface area contributed by atoms with Crippen molar-refractivity contribution in [2.24, 2.45) is 0 Å². The summed E-state index contributed by atoms with van der Waals surface area (Å²) in [5, 5.41) is 13.0. The number of halogens is 3. The molecule has 0 aromatic heterocycles. The van der Waals surface area contributed by atoms with Crippen molar-refractivity contribution in [1.29, 1.82) is 0 Å². The van der Waals surface area contributed by atoms with Gasteiger partial charge in [0, 0.05) is 22.9 Å². The lowest BCUT2D eigenvalue weighted by atomic mass is 10.1. The Morgan fingerprint density at radius 3 is 2.18 bits per heavy atom. The van der Waals surface area contributed by atoms with Crippen LogP contribution < -0.4 is 10.0 Å². The minimum absolute atomic E-state index is 0.00945. The van der Waals surface area contributed by atoms with Crippen molar-refractivity contribution < 1.29 is 31.3 Å². The van der Waals surface area contributed by atoms with Crippen molar-refractivity contribution in [3.8, 4) is 0 Å². The van der Waals surface area contributed by atoms with Crippen molar-refractivity contribution >= 4 is 27.3 Å². The molecule has 3 rings (SSSR count). The van der Waals surface area contributed by atoms with E-state index in [2.05, 4.69) is 4.72 Å². The van der Waals surface area contributed by atoms with E-state index in [1.165, 1.54) is 55.5 Å². The highest BCUT2D eigenvalue weighted by atomic mass is 32.2. The average Bonchev–Trinajstić information content (AvgIpc) is 2.77. The summed E-state index contributed by atoms with van der Waals surface area (Å²) in [5.74, 6) is -1.00. The number of nitro groups is 1. The van der Waals surface area contributed by atoms with Crippen LogP contribution in [0.4, 0.5) is 24.5 Å². The standard InChI is InChI=1S/C22H18F3N3O5S/c1-14-7-12-18(13-19(14)28(30)31)34(32,33)27-17-10-8-16(9-11-17)21(29)26-20(22(23,24)25)15-5-3-2-4-6-15/h2-13,20,27H,1H3,(H,26,29). The predicted molar refractivity (Wildman–Crippen MR) is 118 cm³/mol. The van der Waals surface area contributed by atoms with Gasteiger partial charge in [-0.05, 0) is 42.8 Å². The summed E-state index contributed by atoms with van der Waals surface area (Å²) in [4.78, 5) is 22.4. The SMILES string of the molecule is Cc1ccc(S(=O)(=O)Nc2ccc(C(=O)NC(c3ccccc3)C(F)(F)F)cc2)cc1[N+](=O)[O-]. The zero-order valence-electron chi connectivity index (χ0n) is 17.5. The number of nitrogens with one attached hydrogen (secondary N) is 2. The van der Waals surface area contributed by atoms with Gasteiger partial charge in [0.15, 0.2) is 6.04 Å². The number of rotatable bonds is 7. The Morgan fingerprint density at radius 2 is 1.62 bits per heavy atom. The zero-order valence-corrected chi connectivity index (χ0v) is 18.4. The van der Waals surface area contributed by atoms with Crippen LogP contribution in [0.1, 0.15) is 27.5 Å². The first-order chi connectivity index (χ1) is 15.9. The maximum atomic E-state index is 13.5. The van der Waals surface area contributed by atoms with Gasteiger partial charge >= 0.3 is 6.18 Å². The lowest BCUT2D eigenvalue weighted by molar-refractivity contribution is -0.385. The highest BCUT2D eigenvalue weighted by Crippen LogP contribution is 2.33. The van der Waals surface area contributed by atoms with Gasteiger partial charge < -0.3 is 5.32 Å². The summed E-state index contributed by atoms with van der Waals surface area (Å²) < 4.78 is 67.8. The van der Waals surface area contributed by atoms with E-state index >= 15 is 0 Å². The van der Waals surface area contributed by atoms with Crippen LogP contribution in [-0.2, 0) is 10.0 Å². The Bertz CT molecular complexity index is 1310. The molecule has 1 amide bonds. The van der Waals surface area contributed by atoms with Gasteiger partial charge in [0.05, 0.1) is 9.82 Å². The maximum Gasteiger partial charge on any atom is 0.412 e. The van der Waals surface area contributed by atoms with Gasteiger partial charge in [0.2, 0.25) is 0 Å². The Hall–Kier alpha value is -3.93. The van der Waals surface area contributed by atoms with E-state index in [9.17, 15) is 36.5 Å². The Balaban J connectivity index is 1.77. The molecule has 0 fully saturated rings. The fourth-order valence-electron chi connectivity index (χ4n) is 3.07. The van der Waals surface area contributed by atoms with Gasteiger partial charge in [0.1, 0.15) is 0 Å². The Morgan fingerprint density at radius 1 is 1.00 bits per heavy atom. The molecule has 0 radical (unpaired) electrons. The van der Waals surface area contributed by atoms with Crippen LogP contribution in [0.25, 0.3) is 0 Å². The van der Waals surface area contributed by atoms with Gasteiger partial charge in [-0.2, -0.15) is 13.2 Å². The first kappa shape index (κ1) is 24.7. The van der Waals surface area contributed by atoms with Crippen LogP contribution >= 0.6 is 0 Å². The number of carbonyl (C=O) groups excluding carboxylic acids is 1. The summed E-state index contributed by atoms with van der Waals surface area (Å²) in [6.07, 6.45) is -4.73. The fourth-order valence-corrected chi connectivity index (χ4v) is 4.15. The summed E-state index contributed by atoms with van der Waals surface area (Å²) in [5.41, 5.74) is -0.339. The monoisotopic (exact) mass is 493 g/mol. The first-order valence-corrected chi connectivity index (χ1v) is 11.2. The topological polar surface area (TPSA) is 118 Å². The number of anilines is 1. The summed E-state index contributed by atoms with van der Waals surface area (Å²) in [6, 6.07) is 12.8. The van der Waals surface area contributed by atoms with Crippen LogP contribution in [0.3, 0.4) is 0 Å². The molecule has 178 valence electrons. The number of hydrogen-bond donors (Lipinski definition) is 2. The molecule has 0 aliphatic carbocycles. The number of hydrogen-bond acceptors (Lipinski definition) is 5. The molecular formula is C22H18F3N3O5S. The number of nitro benzene ring substituents is 1. The van der Waals surface area contributed by atoms with Crippen LogP contribution in [-0.4, -0.2) is 25.4 Å². The van der Waals surface area contributed by atoms with Crippen molar-refractivity contribution in [3.05, 3.63) is 99.6 Å². The van der Waals surface area contributed by atoms with Gasteiger partial charge in [0.25, 0.3) is 21.6 Å². The number of amides is 1. The van der Waals surface area contributed by atoms with Crippen LogP contribution in [0.15, 0.2) is 77.7 Å². The third-order valence-corrected chi connectivity index (χ3v) is 6.20. The van der Waals surface area contributed by atoms with E-state index < -0.39 is 33.1 Å². The minimum Gasteiger partial charge on any atom is -0.337 e. The van der Waals surface area contributed by atoms with Gasteiger partial charge in [-0.25, -0.2) is 8.42 Å². The molecule has 12 heteroatoms. The fraction of sp³-hybridized carbons (Fsp3) is 0.136. The third kappa shape index (κ3) is 5.70. The molecule has 0 aliphatic heterocycles. The van der Waals surface area contributed by atoms with Crippen LogP contribution in [0.2, 0.25) is 0 Å². The zero-order chi connectivity index (χ0) is 25.1. The molecule has 1 atom stereocenters. The number of alkyl halides is 3. The quantitative estimate of drug-likeness (QED) is 0.364. The molecule has 8 nitrogen and oxygen atoms in total. The summed E-state index contributed by atoms with van der Waals surface area (Å²) in [6.45, 7) is 1.47. The summed E-state index contributed by atoms with van der Waals surface area (Å²) in [7, 11) is -4.20. The van der Waals surface area contributed by atoms with E-state index in [0.29, 0.717) is 0 Å². The predicted octanol–water partition coefficient (Wildman–Crippen LogP) is 4.74. The van der Waals surface area contributed by atoms with E-state index in [-0.39, 0.29) is 33.0 Å². The molecular weight excluding hydrogens is 475 g/mol. The van der Waals surface area contributed by atoms with E-state index in [4.69, 9.17) is 0 Å². The molecule has 0 heterocycles. The minimum atomic E-state index is -4.73. The molecule has 0 spiro atoms. The highest BCUT2D eigenvalue weighted by molar-refractivity contribution is 7.92. The number of nitrogens with zero attached hydrogens (tertiary/aromatic N) is 1. The number of carbonyl (C=O) groups is 1. The lowest BCUT2D eigenvalue weighted by Crippen LogP contribution is -2.38. The van der Waals surface area contributed by atoms with Crippen LogP contribution in [0.5, 0.6) is 0 Å². The van der Waals surface area contributed by atoms with Gasteiger partial charge in [-0.3, -0.25) is 19.6 Å². The molecule has 0 saturated heterocycles. The maximum absolute atomic E-state index is 13.5. The number of sulfonamides is 1. The molecule has 3 aromatic carbocycles. The second-order valence-corrected chi connectivity index (χ2v) is 8.93. The second-order valence-electron chi connectivity index (χ2n) is 7.25. The normalized spacial score (nSPS) is 12.6. The Kier molecular flexibility index (Phi) is 6.91. The highest BCUT2D eigenvalue weighted by Gasteiger charge is 2.41. The van der Waals surface area contributed by atoms with Gasteiger partial charge in [-0.1, -0.05) is 36.4 Å². The molecule has 0 aliphatic rings. The Labute approximate surface area is 192 Å². The lowest BCUT2D eigenvalue weighted by Gasteiger charge is -2.22. The molecule has 0 saturated carbocycles. The van der Waals surface area contributed by atoms with E-state index in [0.717, 1.165) is 18.2 Å². The van der Waals surface area contributed by atoms with Crippen molar-refractivity contribution in [2.45, 2.75) is 24.0 Å². The average molecular weight is 493 g/mol. The summed E-state index contributed by atoms with van der Waals surface area (Å²) >= 11 is 0. The van der Waals surface area contributed by atoms with Crippen molar-refractivity contribution in [3.63, 3.8) is 0 Å². The first-order valence-electron chi connectivity index (χ1n) is 9.69. The third-order valence-electron chi connectivity index (χ3n) is 4.82. The van der Waals surface area contributed by atoms with E-state index in [1.807, 2.05) is 5.32 Å². The molecule has 2 N–H and O–H groups in total. The molecule has 0 bridgehead atoms. The number of aryl methyl sites for hydroxylation is 1. The second kappa shape index (κ2) is 9.51. The van der Waals surface area contributed by atoms with Crippen LogP contribution in [0, 0.1) is 17.0 Å².